The number of carbonyl (C=O) groups is 1. The van der Waals surface area contributed by atoms with Gasteiger partial charge in [-0.1, -0.05) is 13.8 Å². The van der Waals surface area contributed by atoms with Gasteiger partial charge in [-0.25, -0.2) is 0 Å². The van der Waals surface area contributed by atoms with Crippen molar-refractivity contribution in [2.75, 3.05) is 13.7 Å². The van der Waals surface area contributed by atoms with E-state index < -0.39 is 0 Å². The summed E-state index contributed by atoms with van der Waals surface area (Å²) in [5.74, 6) is 1.35. The third-order valence-corrected chi connectivity index (χ3v) is 3.32. The molecule has 0 bridgehead atoms. The molecule has 2 aliphatic rings. The molecule has 3 unspecified atom stereocenters. The fraction of sp³-hybridized carbons (Fsp3) is 0.900. The van der Waals surface area contributed by atoms with Crippen molar-refractivity contribution in [3.63, 3.8) is 0 Å². The maximum Gasteiger partial charge on any atom is 0.225 e. The summed E-state index contributed by atoms with van der Waals surface area (Å²) in [7, 11) is 1.92. The Bertz CT molecular complexity index is 227. The van der Waals surface area contributed by atoms with Crippen molar-refractivity contribution in [2.45, 2.75) is 32.4 Å². The van der Waals surface area contributed by atoms with Crippen LogP contribution in [0.15, 0.2) is 0 Å². The van der Waals surface area contributed by atoms with Gasteiger partial charge in [0.05, 0.1) is 19.1 Å². The van der Waals surface area contributed by atoms with Crippen LogP contribution >= 0.6 is 0 Å². The molecule has 3 nitrogen and oxygen atoms in total. The van der Waals surface area contributed by atoms with Gasteiger partial charge in [0.25, 0.3) is 0 Å². The average molecular weight is 183 g/mol. The van der Waals surface area contributed by atoms with Crippen LogP contribution in [0.2, 0.25) is 0 Å². The first-order chi connectivity index (χ1) is 6.11. The second-order valence-corrected chi connectivity index (χ2v) is 4.48. The maximum absolute atomic E-state index is 11.5. The predicted octanol–water partition coefficient (Wildman–Crippen LogP) is 0.888. The van der Waals surface area contributed by atoms with Crippen LogP contribution in [0, 0.1) is 11.8 Å². The first-order valence-electron chi connectivity index (χ1n) is 4.98. The largest absolute Gasteiger partial charge is 0.377 e. The van der Waals surface area contributed by atoms with Gasteiger partial charge >= 0.3 is 0 Å². The lowest BCUT2D eigenvalue weighted by Crippen LogP contribution is -2.61. The van der Waals surface area contributed by atoms with Crippen molar-refractivity contribution in [2.24, 2.45) is 11.8 Å². The Kier molecular flexibility index (Phi) is 2.06. The maximum atomic E-state index is 11.5. The predicted molar refractivity (Wildman–Crippen MR) is 49.2 cm³/mol. The molecular formula is C10H17NO2. The Morgan fingerprint density at radius 3 is 2.69 bits per heavy atom. The van der Waals surface area contributed by atoms with Gasteiger partial charge in [0.15, 0.2) is 0 Å². The summed E-state index contributed by atoms with van der Waals surface area (Å²) in [5.41, 5.74) is 0. The molecule has 74 valence electrons. The van der Waals surface area contributed by atoms with Gasteiger partial charge in [-0.2, -0.15) is 0 Å². The van der Waals surface area contributed by atoms with E-state index in [-0.39, 0.29) is 12.0 Å². The van der Waals surface area contributed by atoms with E-state index in [4.69, 9.17) is 4.74 Å². The summed E-state index contributed by atoms with van der Waals surface area (Å²) >= 11 is 0. The molecule has 0 aromatic carbocycles. The van der Waals surface area contributed by atoms with E-state index in [2.05, 4.69) is 13.8 Å². The van der Waals surface area contributed by atoms with Crippen LogP contribution in [-0.2, 0) is 9.53 Å². The number of hydrogen-bond acceptors (Lipinski definition) is 2. The Hall–Kier alpha value is -0.570. The topological polar surface area (TPSA) is 29.5 Å². The molecule has 0 spiro atoms. The molecule has 0 aromatic heterocycles. The summed E-state index contributed by atoms with van der Waals surface area (Å²) in [6.07, 6.45) is 0.806. The molecule has 1 amide bonds. The fourth-order valence-electron chi connectivity index (χ4n) is 2.58. The lowest BCUT2D eigenvalue weighted by molar-refractivity contribution is -0.188. The zero-order chi connectivity index (χ0) is 9.59. The second-order valence-electron chi connectivity index (χ2n) is 4.48. The third kappa shape index (κ3) is 1.26. The number of fused-ring (bicyclic) bond motifs is 1. The molecule has 2 rings (SSSR count). The van der Waals surface area contributed by atoms with Gasteiger partial charge in [-0.15, -0.1) is 0 Å². The van der Waals surface area contributed by atoms with Crippen molar-refractivity contribution < 1.29 is 9.53 Å². The van der Waals surface area contributed by atoms with Gasteiger partial charge in [-0.3, -0.25) is 4.79 Å². The number of rotatable bonds is 1. The van der Waals surface area contributed by atoms with E-state index in [9.17, 15) is 4.79 Å². The minimum Gasteiger partial charge on any atom is -0.377 e. The molecule has 0 radical (unpaired) electrons. The van der Waals surface area contributed by atoms with Crippen molar-refractivity contribution in [1.29, 1.82) is 0 Å². The van der Waals surface area contributed by atoms with E-state index in [0.717, 1.165) is 6.61 Å². The highest BCUT2D eigenvalue weighted by Crippen LogP contribution is 2.36. The lowest BCUT2D eigenvalue weighted by Gasteiger charge is -2.51. The molecule has 2 saturated heterocycles. The highest BCUT2D eigenvalue weighted by atomic mass is 16.5. The minimum absolute atomic E-state index is 0.219. The molecule has 3 atom stereocenters. The monoisotopic (exact) mass is 183 g/mol. The van der Waals surface area contributed by atoms with Crippen LogP contribution in [0.5, 0.6) is 0 Å². The standard InChI is InChI=1S/C10H17NO2/c1-6(2)10-7-5-13-8(7)4-9(12)11(10)3/h6-8,10H,4-5H2,1-3H3. The summed E-state index contributed by atoms with van der Waals surface area (Å²) in [6, 6.07) is 0.389. The Morgan fingerprint density at radius 1 is 1.54 bits per heavy atom. The van der Waals surface area contributed by atoms with E-state index in [1.807, 2.05) is 11.9 Å². The quantitative estimate of drug-likeness (QED) is 0.604. The number of hydrogen-bond donors (Lipinski definition) is 0. The molecule has 0 N–H and O–H groups in total. The molecule has 0 aliphatic carbocycles. The van der Waals surface area contributed by atoms with E-state index in [1.54, 1.807) is 0 Å². The zero-order valence-corrected chi connectivity index (χ0v) is 8.49. The summed E-state index contributed by atoms with van der Waals surface area (Å²) in [5, 5.41) is 0. The number of nitrogens with zero attached hydrogens (tertiary/aromatic N) is 1. The summed E-state index contributed by atoms with van der Waals surface area (Å²) < 4.78 is 5.39. The van der Waals surface area contributed by atoms with Crippen molar-refractivity contribution in [3.8, 4) is 0 Å². The molecule has 13 heavy (non-hydrogen) atoms. The fourth-order valence-corrected chi connectivity index (χ4v) is 2.58. The van der Waals surface area contributed by atoms with Crippen molar-refractivity contribution >= 4 is 5.91 Å². The van der Waals surface area contributed by atoms with E-state index in [1.165, 1.54) is 0 Å². The summed E-state index contributed by atoms with van der Waals surface area (Å²) in [4.78, 5) is 13.5. The van der Waals surface area contributed by atoms with Gasteiger partial charge in [0, 0.05) is 19.0 Å². The second kappa shape index (κ2) is 2.98. The van der Waals surface area contributed by atoms with Crippen LogP contribution in [0.4, 0.5) is 0 Å². The Balaban J connectivity index is 2.16. The highest BCUT2D eigenvalue weighted by molar-refractivity contribution is 5.78. The highest BCUT2D eigenvalue weighted by Gasteiger charge is 2.47. The van der Waals surface area contributed by atoms with Crippen molar-refractivity contribution in [1.82, 2.24) is 4.90 Å². The number of carbonyl (C=O) groups excluding carboxylic acids is 1. The van der Waals surface area contributed by atoms with Gasteiger partial charge in [0.2, 0.25) is 5.91 Å². The van der Waals surface area contributed by atoms with Crippen LogP contribution in [0.3, 0.4) is 0 Å². The summed E-state index contributed by atoms with van der Waals surface area (Å²) in [6.45, 7) is 5.19. The number of ether oxygens (including phenoxy) is 1. The number of piperidine rings is 1. The molecular weight excluding hydrogens is 166 g/mol. The van der Waals surface area contributed by atoms with Gasteiger partial charge in [0.1, 0.15) is 0 Å². The SMILES string of the molecule is CC(C)C1C2COC2CC(=O)N1C. The van der Waals surface area contributed by atoms with Gasteiger partial charge < -0.3 is 9.64 Å². The molecule has 2 heterocycles. The first-order valence-corrected chi connectivity index (χ1v) is 4.98. The first kappa shape index (κ1) is 9.00. The van der Waals surface area contributed by atoms with Crippen molar-refractivity contribution in [3.05, 3.63) is 0 Å². The molecule has 2 aliphatic heterocycles. The smallest absolute Gasteiger partial charge is 0.225 e. The zero-order valence-electron chi connectivity index (χ0n) is 8.49. The minimum atomic E-state index is 0.219. The average Bonchev–Trinajstić information content (AvgIpc) is 2.03. The Morgan fingerprint density at radius 2 is 2.23 bits per heavy atom. The normalized spacial score (nSPS) is 38.9. The Labute approximate surface area is 79.0 Å². The van der Waals surface area contributed by atoms with Gasteiger partial charge in [-0.05, 0) is 5.92 Å². The third-order valence-electron chi connectivity index (χ3n) is 3.32. The molecule has 0 aromatic rings. The van der Waals surface area contributed by atoms with Crippen LogP contribution in [0.1, 0.15) is 20.3 Å². The molecule has 2 fully saturated rings. The van der Waals surface area contributed by atoms with Crippen LogP contribution in [-0.4, -0.2) is 36.6 Å². The van der Waals surface area contributed by atoms with Crippen LogP contribution < -0.4 is 0 Å². The molecule has 3 heteroatoms. The lowest BCUT2D eigenvalue weighted by atomic mass is 9.78. The number of likely N-dealkylation sites (tertiary alicyclic amines) is 1. The van der Waals surface area contributed by atoms with Crippen LogP contribution in [0.25, 0.3) is 0 Å². The number of amides is 1. The molecule has 0 saturated carbocycles. The van der Waals surface area contributed by atoms with E-state index >= 15 is 0 Å². The van der Waals surface area contributed by atoms with E-state index in [0.29, 0.717) is 24.3 Å².